The highest BCUT2D eigenvalue weighted by atomic mass is 16.2. The van der Waals surface area contributed by atoms with Crippen LogP contribution in [0.3, 0.4) is 0 Å². The Balaban J connectivity index is 2.17. The molecule has 1 fully saturated rings. The minimum Gasteiger partial charge on any atom is -0.337 e. The second-order valence-electron chi connectivity index (χ2n) is 4.26. The van der Waals surface area contributed by atoms with Gasteiger partial charge in [0.1, 0.15) is 0 Å². The molecule has 4 nitrogen and oxygen atoms in total. The molecule has 4 heteroatoms. The van der Waals surface area contributed by atoms with Gasteiger partial charge in [0.2, 0.25) is 0 Å². The lowest BCUT2D eigenvalue weighted by molar-refractivity contribution is 0.0765. The van der Waals surface area contributed by atoms with E-state index in [1.165, 1.54) is 0 Å². The summed E-state index contributed by atoms with van der Waals surface area (Å²) in [5.41, 5.74) is 7.34. The van der Waals surface area contributed by atoms with Crippen LogP contribution in [0.25, 0.3) is 0 Å². The third kappa shape index (κ3) is 2.84. The van der Waals surface area contributed by atoms with Gasteiger partial charge in [-0.3, -0.25) is 4.79 Å². The number of carbonyl (C=O) groups excluding carboxylic acids is 1. The highest BCUT2D eigenvalue weighted by Crippen LogP contribution is 2.12. The number of benzene rings is 1. The molecule has 1 aromatic rings. The molecule has 1 amide bonds. The van der Waals surface area contributed by atoms with Crippen LogP contribution in [0, 0.1) is 0 Å². The standard InChI is InChI=1S/C13H19N3O/c14-10-11-4-1-2-5-12(11)13(17)16-8-3-6-15-7-9-16/h1-2,4-5,15H,3,6-10,14H2. The number of nitrogens with one attached hydrogen (secondary N) is 1. The normalized spacial score (nSPS) is 16.6. The van der Waals surface area contributed by atoms with Gasteiger partial charge in [0.15, 0.2) is 0 Å². The summed E-state index contributed by atoms with van der Waals surface area (Å²) >= 11 is 0. The van der Waals surface area contributed by atoms with Gasteiger partial charge in [0, 0.05) is 31.7 Å². The zero-order valence-electron chi connectivity index (χ0n) is 9.98. The van der Waals surface area contributed by atoms with Crippen molar-refractivity contribution < 1.29 is 4.79 Å². The zero-order chi connectivity index (χ0) is 12.1. The lowest BCUT2D eigenvalue weighted by Crippen LogP contribution is -2.34. The zero-order valence-corrected chi connectivity index (χ0v) is 9.98. The topological polar surface area (TPSA) is 58.4 Å². The van der Waals surface area contributed by atoms with Crippen molar-refractivity contribution in [3.05, 3.63) is 35.4 Å². The molecule has 17 heavy (non-hydrogen) atoms. The van der Waals surface area contributed by atoms with Crippen molar-refractivity contribution in [2.75, 3.05) is 26.2 Å². The molecule has 0 radical (unpaired) electrons. The lowest BCUT2D eigenvalue weighted by Gasteiger charge is -2.21. The van der Waals surface area contributed by atoms with Crippen molar-refractivity contribution in [1.29, 1.82) is 0 Å². The van der Waals surface area contributed by atoms with Gasteiger partial charge >= 0.3 is 0 Å². The van der Waals surface area contributed by atoms with Gasteiger partial charge in [-0.15, -0.1) is 0 Å². The van der Waals surface area contributed by atoms with Crippen LogP contribution in [0.5, 0.6) is 0 Å². The van der Waals surface area contributed by atoms with Crippen LogP contribution < -0.4 is 11.1 Å². The van der Waals surface area contributed by atoms with Crippen molar-refractivity contribution >= 4 is 5.91 Å². The molecular weight excluding hydrogens is 214 g/mol. The van der Waals surface area contributed by atoms with E-state index in [4.69, 9.17) is 5.73 Å². The molecule has 0 atom stereocenters. The Kier molecular flexibility index (Phi) is 4.12. The number of rotatable bonds is 2. The summed E-state index contributed by atoms with van der Waals surface area (Å²) in [6.07, 6.45) is 1.01. The summed E-state index contributed by atoms with van der Waals surface area (Å²) in [6.45, 7) is 3.87. The second kappa shape index (κ2) is 5.80. The third-order valence-electron chi connectivity index (χ3n) is 3.09. The van der Waals surface area contributed by atoms with Crippen LogP contribution in [-0.4, -0.2) is 37.0 Å². The van der Waals surface area contributed by atoms with Gasteiger partial charge in [0.05, 0.1) is 0 Å². The van der Waals surface area contributed by atoms with Gasteiger partial charge in [-0.2, -0.15) is 0 Å². The van der Waals surface area contributed by atoms with E-state index in [9.17, 15) is 4.79 Å². The summed E-state index contributed by atoms with van der Waals surface area (Å²) in [7, 11) is 0. The second-order valence-corrected chi connectivity index (χ2v) is 4.26. The summed E-state index contributed by atoms with van der Waals surface area (Å²) in [6, 6.07) is 7.59. The molecular formula is C13H19N3O. The molecule has 0 aromatic heterocycles. The highest BCUT2D eigenvalue weighted by Gasteiger charge is 2.18. The molecule has 92 valence electrons. The Morgan fingerprint density at radius 1 is 1.29 bits per heavy atom. The van der Waals surface area contributed by atoms with Gasteiger partial charge in [-0.25, -0.2) is 0 Å². The number of carbonyl (C=O) groups is 1. The first kappa shape index (κ1) is 12.1. The largest absolute Gasteiger partial charge is 0.337 e. The Hall–Kier alpha value is -1.39. The summed E-state index contributed by atoms with van der Waals surface area (Å²) in [4.78, 5) is 14.3. The quantitative estimate of drug-likeness (QED) is 0.785. The first-order valence-corrected chi connectivity index (χ1v) is 6.11. The van der Waals surface area contributed by atoms with E-state index >= 15 is 0 Å². The van der Waals surface area contributed by atoms with E-state index in [0.717, 1.165) is 43.7 Å². The predicted octanol–water partition coefficient (Wildman–Crippen LogP) is 0.581. The minimum absolute atomic E-state index is 0.106. The number of hydrogen-bond acceptors (Lipinski definition) is 3. The molecule has 0 aliphatic carbocycles. The van der Waals surface area contributed by atoms with E-state index in [1.807, 2.05) is 29.2 Å². The maximum absolute atomic E-state index is 12.4. The van der Waals surface area contributed by atoms with Crippen LogP contribution >= 0.6 is 0 Å². The van der Waals surface area contributed by atoms with Crippen LogP contribution in [0.1, 0.15) is 22.3 Å². The smallest absolute Gasteiger partial charge is 0.254 e. The Morgan fingerprint density at radius 2 is 2.12 bits per heavy atom. The first-order chi connectivity index (χ1) is 8.33. The molecule has 0 unspecified atom stereocenters. The predicted molar refractivity (Wildman–Crippen MR) is 67.7 cm³/mol. The van der Waals surface area contributed by atoms with Crippen LogP contribution in [-0.2, 0) is 6.54 Å². The monoisotopic (exact) mass is 233 g/mol. The molecule has 2 rings (SSSR count). The molecule has 1 saturated heterocycles. The number of nitrogens with two attached hydrogens (primary N) is 1. The van der Waals surface area contributed by atoms with Gasteiger partial charge in [-0.1, -0.05) is 18.2 Å². The van der Waals surface area contributed by atoms with Crippen LogP contribution in [0.4, 0.5) is 0 Å². The third-order valence-corrected chi connectivity index (χ3v) is 3.09. The average molecular weight is 233 g/mol. The fraction of sp³-hybridized carbons (Fsp3) is 0.462. The van der Waals surface area contributed by atoms with Crippen molar-refractivity contribution in [2.45, 2.75) is 13.0 Å². The van der Waals surface area contributed by atoms with Crippen molar-refractivity contribution in [2.24, 2.45) is 5.73 Å². The maximum Gasteiger partial charge on any atom is 0.254 e. The van der Waals surface area contributed by atoms with Crippen molar-refractivity contribution in [1.82, 2.24) is 10.2 Å². The van der Waals surface area contributed by atoms with E-state index in [1.54, 1.807) is 0 Å². The molecule has 1 aliphatic rings. The SMILES string of the molecule is NCc1ccccc1C(=O)N1CCCNCC1. The molecule has 1 aliphatic heterocycles. The van der Waals surface area contributed by atoms with Crippen molar-refractivity contribution in [3.8, 4) is 0 Å². The summed E-state index contributed by atoms with van der Waals surface area (Å²) in [5, 5.41) is 3.29. The fourth-order valence-electron chi connectivity index (χ4n) is 2.13. The molecule has 0 spiro atoms. The van der Waals surface area contributed by atoms with Gasteiger partial charge < -0.3 is 16.0 Å². The van der Waals surface area contributed by atoms with E-state index < -0.39 is 0 Å². The Morgan fingerprint density at radius 3 is 2.94 bits per heavy atom. The number of amides is 1. The van der Waals surface area contributed by atoms with E-state index in [-0.39, 0.29) is 5.91 Å². The molecule has 3 N–H and O–H groups in total. The minimum atomic E-state index is 0.106. The molecule has 1 heterocycles. The van der Waals surface area contributed by atoms with E-state index in [0.29, 0.717) is 6.54 Å². The number of hydrogen-bond donors (Lipinski definition) is 2. The average Bonchev–Trinajstić information content (AvgIpc) is 2.66. The van der Waals surface area contributed by atoms with Crippen LogP contribution in [0.2, 0.25) is 0 Å². The summed E-state index contributed by atoms with van der Waals surface area (Å²) in [5.74, 6) is 0.106. The van der Waals surface area contributed by atoms with Crippen LogP contribution in [0.15, 0.2) is 24.3 Å². The molecule has 0 bridgehead atoms. The fourth-order valence-corrected chi connectivity index (χ4v) is 2.13. The number of nitrogens with zero attached hydrogens (tertiary/aromatic N) is 1. The Bertz CT molecular complexity index is 384. The molecule has 0 saturated carbocycles. The lowest BCUT2D eigenvalue weighted by atomic mass is 10.1. The highest BCUT2D eigenvalue weighted by molar-refractivity contribution is 5.95. The molecule has 1 aromatic carbocycles. The first-order valence-electron chi connectivity index (χ1n) is 6.11. The maximum atomic E-state index is 12.4. The van der Waals surface area contributed by atoms with Gasteiger partial charge in [-0.05, 0) is 24.6 Å². The van der Waals surface area contributed by atoms with E-state index in [2.05, 4.69) is 5.32 Å². The van der Waals surface area contributed by atoms with Crippen molar-refractivity contribution in [3.63, 3.8) is 0 Å². The van der Waals surface area contributed by atoms with Gasteiger partial charge in [0.25, 0.3) is 5.91 Å². The summed E-state index contributed by atoms with van der Waals surface area (Å²) < 4.78 is 0. The Labute approximate surface area is 102 Å².